The second-order valence-corrected chi connectivity index (χ2v) is 6.82. The Hall–Kier alpha value is -2.24. The van der Waals surface area contributed by atoms with E-state index in [2.05, 4.69) is 10.2 Å². The highest BCUT2D eigenvalue weighted by Gasteiger charge is 2.23. The lowest BCUT2D eigenvalue weighted by molar-refractivity contribution is 0.0497. The minimum Gasteiger partial charge on any atom is -0.444 e. The van der Waals surface area contributed by atoms with E-state index in [1.807, 2.05) is 32.9 Å². The topological polar surface area (TPSA) is 84.7 Å². The molecular weight excluding hydrogens is 294 g/mol. The number of primary amides is 1. The average molecular weight is 319 g/mol. The molecule has 0 saturated carbocycles. The Kier molecular flexibility index (Phi) is 5.13. The van der Waals surface area contributed by atoms with Crippen molar-refractivity contribution in [3.05, 3.63) is 29.8 Å². The minimum atomic E-state index is -0.479. The summed E-state index contributed by atoms with van der Waals surface area (Å²) in [5.74, 6) is -0.420. The van der Waals surface area contributed by atoms with Crippen molar-refractivity contribution in [2.24, 2.45) is 5.73 Å². The molecule has 126 valence electrons. The summed E-state index contributed by atoms with van der Waals surface area (Å²) in [5, 5.41) is 2.92. The summed E-state index contributed by atoms with van der Waals surface area (Å²) in [6.07, 6.45) is 1.36. The van der Waals surface area contributed by atoms with Crippen molar-refractivity contribution in [3.8, 4) is 0 Å². The van der Waals surface area contributed by atoms with Gasteiger partial charge in [0.1, 0.15) is 5.60 Å². The van der Waals surface area contributed by atoms with Crippen LogP contribution in [0.2, 0.25) is 0 Å². The molecule has 6 heteroatoms. The zero-order chi connectivity index (χ0) is 17.0. The molecule has 0 radical (unpaired) electrons. The molecule has 2 rings (SSSR count). The Bertz CT molecular complexity index is 555. The molecule has 23 heavy (non-hydrogen) atoms. The number of carbonyl (C=O) groups is 2. The van der Waals surface area contributed by atoms with E-state index in [-0.39, 0.29) is 12.1 Å². The molecule has 6 nitrogen and oxygen atoms in total. The van der Waals surface area contributed by atoms with Gasteiger partial charge >= 0.3 is 6.09 Å². The van der Waals surface area contributed by atoms with Gasteiger partial charge < -0.3 is 20.7 Å². The van der Waals surface area contributed by atoms with Crippen molar-refractivity contribution in [2.75, 3.05) is 18.0 Å². The SMILES string of the molecule is CC(C)(C)OC(=O)NC1CCN(c2ccc(C(N)=O)cc2)CC1. The number of nitrogens with two attached hydrogens (primary N) is 1. The van der Waals surface area contributed by atoms with Crippen molar-refractivity contribution in [1.29, 1.82) is 0 Å². The van der Waals surface area contributed by atoms with Crippen LogP contribution in [0.1, 0.15) is 44.0 Å². The highest BCUT2D eigenvalue weighted by Crippen LogP contribution is 2.21. The van der Waals surface area contributed by atoms with Crippen LogP contribution in [-0.2, 0) is 4.74 Å². The molecule has 1 saturated heterocycles. The number of hydrogen-bond acceptors (Lipinski definition) is 4. The molecule has 1 aromatic carbocycles. The van der Waals surface area contributed by atoms with Crippen molar-refractivity contribution < 1.29 is 14.3 Å². The molecule has 0 atom stereocenters. The molecule has 1 fully saturated rings. The smallest absolute Gasteiger partial charge is 0.407 e. The van der Waals surface area contributed by atoms with Gasteiger partial charge in [-0.1, -0.05) is 0 Å². The fourth-order valence-corrected chi connectivity index (χ4v) is 2.59. The summed E-state index contributed by atoms with van der Waals surface area (Å²) in [6.45, 7) is 7.24. The number of anilines is 1. The van der Waals surface area contributed by atoms with Gasteiger partial charge in [0, 0.05) is 30.4 Å². The number of carbonyl (C=O) groups excluding carboxylic acids is 2. The van der Waals surface area contributed by atoms with Crippen molar-refractivity contribution in [2.45, 2.75) is 45.3 Å². The molecule has 2 amide bonds. The van der Waals surface area contributed by atoms with Crippen LogP contribution in [0, 0.1) is 0 Å². The molecule has 0 aromatic heterocycles. The first kappa shape index (κ1) is 17.1. The lowest BCUT2D eigenvalue weighted by atomic mass is 10.0. The third kappa shape index (κ3) is 5.16. The zero-order valence-corrected chi connectivity index (χ0v) is 14.0. The van der Waals surface area contributed by atoms with E-state index in [4.69, 9.17) is 10.5 Å². The van der Waals surface area contributed by atoms with E-state index in [0.29, 0.717) is 5.56 Å². The Morgan fingerprint density at radius 2 is 1.74 bits per heavy atom. The van der Waals surface area contributed by atoms with Crippen molar-refractivity contribution in [1.82, 2.24) is 5.32 Å². The molecule has 0 bridgehead atoms. The van der Waals surface area contributed by atoms with Crippen LogP contribution in [0.15, 0.2) is 24.3 Å². The quantitative estimate of drug-likeness (QED) is 0.895. The fourth-order valence-electron chi connectivity index (χ4n) is 2.59. The van der Waals surface area contributed by atoms with Crippen LogP contribution in [0.4, 0.5) is 10.5 Å². The fraction of sp³-hybridized carbons (Fsp3) is 0.529. The van der Waals surface area contributed by atoms with Crippen LogP contribution in [0.5, 0.6) is 0 Å². The van der Waals surface area contributed by atoms with Crippen molar-refractivity contribution >= 4 is 17.7 Å². The first-order valence-corrected chi connectivity index (χ1v) is 7.89. The maximum absolute atomic E-state index is 11.8. The molecule has 0 spiro atoms. The largest absolute Gasteiger partial charge is 0.444 e. The highest BCUT2D eigenvalue weighted by atomic mass is 16.6. The number of amides is 2. The van der Waals surface area contributed by atoms with Crippen LogP contribution in [0.25, 0.3) is 0 Å². The van der Waals surface area contributed by atoms with E-state index in [1.165, 1.54) is 0 Å². The Labute approximate surface area is 137 Å². The number of rotatable bonds is 3. The normalized spacial score (nSPS) is 16.0. The van der Waals surface area contributed by atoms with Gasteiger partial charge in [0.25, 0.3) is 0 Å². The average Bonchev–Trinajstić information content (AvgIpc) is 2.46. The predicted octanol–water partition coefficient (Wildman–Crippen LogP) is 2.28. The van der Waals surface area contributed by atoms with E-state index in [9.17, 15) is 9.59 Å². The molecule has 1 aromatic rings. The van der Waals surface area contributed by atoms with Gasteiger partial charge in [0.15, 0.2) is 0 Å². The van der Waals surface area contributed by atoms with Gasteiger partial charge in [-0.15, -0.1) is 0 Å². The molecule has 0 unspecified atom stereocenters. The van der Waals surface area contributed by atoms with Gasteiger partial charge in [-0.2, -0.15) is 0 Å². The lowest BCUT2D eigenvalue weighted by Crippen LogP contribution is -2.46. The summed E-state index contributed by atoms with van der Waals surface area (Å²) >= 11 is 0. The monoisotopic (exact) mass is 319 g/mol. The highest BCUT2D eigenvalue weighted by molar-refractivity contribution is 5.93. The number of piperidine rings is 1. The Morgan fingerprint density at radius 3 is 2.22 bits per heavy atom. The molecular formula is C17H25N3O3. The number of alkyl carbamates (subject to hydrolysis) is 1. The molecule has 1 heterocycles. The standard InChI is InChI=1S/C17H25N3O3/c1-17(2,3)23-16(22)19-13-8-10-20(11-9-13)14-6-4-12(5-7-14)15(18)21/h4-7,13H,8-11H2,1-3H3,(H2,18,21)(H,19,22). The van der Waals surface area contributed by atoms with Crippen LogP contribution >= 0.6 is 0 Å². The minimum absolute atomic E-state index is 0.131. The van der Waals surface area contributed by atoms with Crippen LogP contribution < -0.4 is 16.0 Å². The van der Waals surface area contributed by atoms with Gasteiger partial charge in [-0.25, -0.2) is 4.79 Å². The van der Waals surface area contributed by atoms with Gasteiger partial charge in [0.2, 0.25) is 5.91 Å². The zero-order valence-electron chi connectivity index (χ0n) is 14.0. The number of nitrogens with one attached hydrogen (secondary N) is 1. The van der Waals surface area contributed by atoms with E-state index >= 15 is 0 Å². The second-order valence-electron chi connectivity index (χ2n) is 6.82. The van der Waals surface area contributed by atoms with Crippen molar-refractivity contribution in [3.63, 3.8) is 0 Å². The third-order valence-electron chi connectivity index (χ3n) is 3.73. The number of benzene rings is 1. The second kappa shape index (κ2) is 6.89. The summed E-state index contributed by atoms with van der Waals surface area (Å²) in [4.78, 5) is 25.1. The van der Waals surface area contributed by atoms with E-state index < -0.39 is 11.5 Å². The molecule has 3 N–H and O–H groups in total. The summed E-state index contributed by atoms with van der Waals surface area (Å²) < 4.78 is 5.28. The first-order chi connectivity index (χ1) is 10.7. The van der Waals surface area contributed by atoms with E-state index in [0.717, 1.165) is 31.6 Å². The van der Waals surface area contributed by atoms with Crippen LogP contribution in [-0.4, -0.2) is 36.7 Å². The number of ether oxygens (including phenoxy) is 1. The number of nitrogens with zero attached hydrogens (tertiary/aromatic N) is 1. The van der Waals surface area contributed by atoms with Gasteiger partial charge in [-0.3, -0.25) is 4.79 Å². The maximum atomic E-state index is 11.8. The predicted molar refractivity (Wildman–Crippen MR) is 89.6 cm³/mol. The lowest BCUT2D eigenvalue weighted by Gasteiger charge is -2.34. The van der Waals surface area contributed by atoms with Gasteiger partial charge in [-0.05, 0) is 57.9 Å². The Balaban J connectivity index is 1.84. The third-order valence-corrected chi connectivity index (χ3v) is 3.73. The van der Waals surface area contributed by atoms with E-state index in [1.54, 1.807) is 12.1 Å². The molecule has 0 aliphatic carbocycles. The summed E-state index contributed by atoms with van der Waals surface area (Å²) in [6, 6.07) is 7.42. The molecule has 1 aliphatic heterocycles. The summed E-state index contributed by atoms with van der Waals surface area (Å²) in [7, 11) is 0. The maximum Gasteiger partial charge on any atom is 0.407 e. The summed E-state index contributed by atoms with van der Waals surface area (Å²) in [5.41, 5.74) is 6.34. The van der Waals surface area contributed by atoms with Crippen LogP contribution in [0.3, 0.4) is 0 Å². The molecule has 1 aliphatic rings. The number of hydrogen-bond donors (Lipinski definition) is 2. The first-order valence-electron chi connectivity index (χ1n) is 7.89. The van der Waals surface area contributed by atoms with Gasteiger partial charge in [0.05, 0.1) is 0 Å². The Morgan fingerprint density at radius 1 is 1.17 bits per heavy atom.